The summed E-state index contributed by atoms with van der Waals surface area (Å²) < 4.78 is 0. The number of nitriles is 2. The van der Waals surface area contributed by atoms with Crippen LogP contribution in [0.3, 0.4) is 0 Å². The molecule has 1 aromatic rings. The molecule has 0 radical (unpaired) electrons. The van der Waals surface area contributed by atoms with E-state index in [1.54, 1.807) is 24.3 Å². The normalized spacial score (nSPS) is 22.8. The van der Waals surface area contributed by atoms with Crippen molar-refractivity contribution in [3.63, 3.8) is 0 Å². The van der Waals surface area contributed by atoms with Crippen LogP contribution in [0.15, 0.2) is 40.7 Å². The SMILES string of the molecule is CC(C)(C)N=C1NC(C#N)=C(C#N)NC1(C)c1ccc(O)cc1. The smallest absolute Gasteiger partial charge is 0.153 e. The van der Waals surface area contributed by atoms with Gasteiger partial charge in [0.2, 0.25) is 0 Å². The first-order chi connectivity index (χ1) is 10.7. The molecule has 1 heterocycles. The summed E-state index contributed by atoms with van der Waals surface area (Å²) in [5.41, 5.74) is -0.0579. The molecule has 2 rings (SSSR count). The van der Waals surface area contributed by atoms with E-state index in [4.69, 9.17) is 0 Å². The minimum absolute atomic E-state index is 0.145. The molecule has 0 saturated carbocycles. The summed E-state index contributed by atoms with van der Waals surface area (Å²) in [5.74, 6) is 0.704. The molecular formula is C17H19N5O. The van der Waals surface area contributed by atoms with Crippen LogP contribution in [-0.2, 0) is 5.54 Å². The molecule has 3 N–H and O–H groups in total. The van der Waals surface area contributed by atoms with E-state index >= 15 is 0 Å². The molecule has 118 valence electrons. The fourth-order valence-corrected chi connectivity index (χ4v) is 2.32. The average Bonchev–Trinajstić information content (AvgIpc) is 2.48. The molecule has 0 amide bonds. The van der Waals surface area contributed by atoms with Crippen molar-refractivity contribution in [2.24, 2.45) is 4.99 Å². The molecule has 1 aromatic carbocycles. The zero-order chi connectivity index (χ0) is 17.3. The van der Waals surface area contributed by atoms with E-state index in [2.05, 4.69) is 15.6 Å². The number of phenolic OH excluding ortho intramolecular Hbond substituents is 1. The number of aliphatic imine (C=N–C) groups is 1. The summed E-state index contributed by atoms with van der Waals surface area (Å²) in [6.45, 7) is 7.74. The van der Waals surface area contributed by atoms with Crippen LogP contribution < -0.4 is 10.6 Å². The maximum absolute atomic E-state index is 9.50. The minimum atomic E-state index is -0.813. The van der Waals surface area contributed by atoms with E-state index in [-0.39, 0.29) is 22.7 Å². The van der Waals surface area contributed by atoms with E-state index in [0.29, 0.717) is 5.84 Å². The lowest BCUT2D eigenvalue weighted by Gasteiger charge is -2.38. The number of allylic oxidation sites excluding steroid dienone is 2. The first-order valence-corrected chi connectivity index (χ1v) is 7.19. The number of nitrogens with zero attached hydrogens (tertiary/aromatic N) is 3. The van der Waals surface area contributed by atoms with Crippen molar-refractivity contribution in [3.8, 4) is 17.9 Å². The van der Waals surface area contributed by atoms with Crippen molar-refractivity contribution in [1.29, 1.82) is 10.5 Å². The highest BCUT2D eigenvalue weighted by molar-refractivity contribution is 5.96. The Labute approximate surface area is 135 Å². The molecule has 6 nitrogen and oxygen atoms in total. The number of nitrogens with one attached hydrogen (secondary N) is 2. The molecule has 0 saturated heterocycles. The van der Waals surface area contributed by atoms with Gasteiger partial charge < -0.3 is 15.7 Å². The van der Waals surface area contributed by atoms with Crippen molar-refractivity contribution in [2.75, 3.05) is 0 Å². The van der Waals surface area contributed by atoms with Crippen LogP contribution in [0.2, 0.25) is 0 Å². The summed E-state index contributed by atoms with van der Waals surface area (Å²) >= 11 is 0. The van der Waals surface area contributed by atoms with E-state index in [1.807, 2.05) is 39.8 Å². The van der Waals surface area contributed by atoms with Crippen LogP contribution in [0, 0.1) is 22.7 Å². The molecule has 0 aromatic heterocycles. The molecule has 0 spiro atoms. The Morgan fingerprint density at radius 2 is 1.65 bits per heavy atom. The third kappa shape index (κ3) is 3.27. The van der Waals surface area contributed by atoms with Crippen molar-refractivity contribution in [1.82, 2.24) is 10.6 Å². The standard InChI is InChI=1S/C17H19N5O/c1-16(2,3)22-15-17(4,11-5-7-12(23)8-6-11)21-14(10-19)13(9-18)20-15/h5-8,21,23H,1-4H3,(H,20,22). The van der Waals surface area contributed by atoms with Gasteiger partial charge in [-0.25, -0.2) is 0 Å². The number of benzene rings is 1. The second-order valence-corrected chi connectivity index (χ2v) is 6.53. The quantitative estimate of drug-likeness (QED) is 0.738. The van der Waals surface area contributed by atoms with E-state index in [1.165, 1.54) is 0 Å². The van der Waals surface area contributed by atoms with Crippen molar-refractivity contribution < 1.29 is 5.11 Å². The minimum Gasteiger partial charge on any atom is -0.508 e. The average molecular weight is 309 g/mol. The second-order valence-electron chi connectivity index (χ2n) is 6.53. The highest BCUT2D eigenvalue weighted by atomic mass is 16.3. The summed E-state index contributed by atoms with van der Waals surface area (Å²) in [5, 5.41) is 34.1. The predicted molar refractivity (Wildman–Crippen MR) is 87.2 cm³/mol. The lowest BCUT2D eigenvalue weighted by atomic mass is 9.87. The molecular weight excluding hydrogens is 290 g/mol. The molecule has 0 aliphatic carbocycles. The molecule has 1 unspecified atom stereocenters. The molecule has 1 aliphatic heterocycles. The lowest BCUT2D eigenvalue weighted by molar-refractivity contribution is 0.471. The fourth-order valence-electron chi connectivity index (χ4n) is 2.32. The van der Waals surface area contributed by atoms with Gasteiger partial charge in [0.25, 0.3) is 0 Å². The van der Waals surface area contributed by atoms with Gasteiger partial charge in [-0.1, -0.05) is 12.1 Å². The first-order valence-electron chi connectivity index (χ1n) is 7.19. The number of phenols is 1. The highest BCUT2D eigenvalue weighted by Gasteiger charge is 2.39. The van der Waals surface area contributed by atoms with Crippen molar-refractivity contribution in [3.05, 3.63) is 41.2 Å². The van der Waals surface area contributed by atoms with E-state index in [9.17, 15) is 15.6 Å². The number of rotatable bonds is 1. The highest BCUT2D eigenvalue weighted by Crippen LogP contribution is 2.29. The van der Waals surface area contributed by atoms with Gasteiger partial charge in [-0.05, 0) is 45.4 Å². The van der Waals surface area contributed by atoms with Gasteiger partial charge in [0.15, 0.2) is 5.70 Å². The molecule has 0 fully saturated rings. The summed E-state index contributed by atoms with van der Waals surface area (Å²) in [7, 11) is 0. The lowest BCUT2D eigenvalue weighted by Crippen LogP contribution is -2.56. The van der Waals surface area contributed by atoms with Crippen molar-refractivity contribution in [2.45, 2.75) is 38.8 Å². The van der Waals surface area contributed by atoms with Gasteiger partial charge in [-0.2, -0.15) is 10.5 Å². The number of amidine groups is 1. The Bertz CT molecular complexity index is 756. The molecule has 23 heavy (non-hydrogen) atoms. The van der Waals surface area contributed by atoms with E-state index in [0.717, 1.165) is 5.56 Å². The van der Waals surface area contributed by atoms with E-state index < -0.39 is 5.54 Å². The zero-order valence-electron chi connectivity index (χ0n) is 13.6. The van der Waals surface area contributed by atoms with Crippen LogP contribution in [-0.4, -0.2) is 16.5 Å². The zero-order valence-corrected chi connectivity index (χ0v) is 13.6. The van der Waals surface area contributed by atoms with Crippen LogP contribution in [0.5, 0.6) is 5.75 Å². The van der Waals surface area contributed by atoms with Gasteiger partial charge in [0.1, 0.15) is 35.0 Å². The number of hydrogen-bond donors (Lipinski definition) is 3. The summed E-state index contributed by atoms with van der Waals surface area (Å²) in [4.78, 5) is 4.67. The maximum atomic E-state index is 9.50. The van der Waals surface area contributed by atoms with Gasteiger partial charge in [-0.3, -0.25) is 4.99 Å². The Hall–Kier alpha value is -2.99. The van der Waals surface area contributed by atoms with Gasteiger partial charge in [-0.15, -0.1) is 0 Å². The van der Waals surface area contributed by atoms with Crippen LogP contribution >= 0.6 is 0 Å². The van der Waals surface area contributed by atoms with Crippen LogP contribution in [0.1, 0.15) is 33.3 Å². The van der Waals surface area contributed by atoms with Gasteiger partial charge in [0, 0.05) is 0 Å². The van der Waals surface area contributed by atoms with Crippen molar-refractivity contribution >= 4 is 5.84 Å². The molecule has 1 atom stereocenters. The Morgan fingerprint density at radius 1 is 1.09 bits per heavy atom. The first kappa shape index (κ1) is 16.4. The Morgan fingerprint density at radius 3 is 2.13 bits per heavy atom. The number of hydrogen-bond acceptors (Lipinski definition) is 5. The molecule has 0 bridgehead atoms. The Kier molecular flexibility index (Phi) is 4.03. The second kappa shape index (κ2) is 5.66. The molecule has 1 aliphatic rings. The third-order valence-corrected chi connectivity index (χ3v) is 3.46. The predicted octanol–water partition coefficient (Wildman–Crippen LogP) is 2.26. The monoisotopic (exact) mass is 309 g/mol. The van der Waals surface area contributed by atoms with Gasteiger partial charge in [0.05, 0.1) is 5.54 Å². The third-order valence-electron chi connectivity index (χ3n) is 3.46. The largest absolute Gasteiger partial charge is 0.508 e. The topological polar surface area (TPSA) is 104 Å². The summed E-state index contributed by atoms with van der Waals surface area (Å²) in [6, 6.07) is 10.7. The summed E-state index contributed by atoms with van der Waals surface area (Å²) in [6.07, 6.45) is 0. The number of aromatic hydroxyl groups is 1. The van der Waals surface area contributed by atoms with Gasteiger partial charge >= 0.3 is 0 Å². The molecule has 6 heteroatoms. The fraction of sp³-hybridized carbons (Fsp3) is 0.353. The van der Waals surface area contributed by atoms with Crippen LogP contribution in [0.25, 0.3) is 0 Å². The Balaban J connectivity index is 2.64. The maximum Gasteiger partial charge on any atom is 0.153 e. The van der Waals surface area contributed by atoms with Crippen LogP contribution in [0.4, 0.5) is 0 Å².